The van der Waals surface area contributed by atoms with E-state index in [1.807, 2.05) is 29.2 Å². The maximum absolute atomic E-state index is 12.9. The zero-order valence-corrected chi connectivity index (χ0v) is 18.4. The number of amides is 1. The predicted molar refractivity (Wildman–Crippen MR) is 117 cm³/mol. The molecule has 2 bridgehead atoms. The van der Waals surface area contributed by atoms with Gasteiger partial charge in [0.05, 0.1) is 10.9 Å². The summed E-state index contributed by atoms with van der Waals surface area (Å²) < 4.78 is 5.77. The van der Waals surface area contributed by atoms with Gasteiger partial charge in [-0.3, -0.25) is 9.69 Å². The molecule has 1 amide bonds. The highest BCUT2D eigenvalue weighted by Gasteiger charge is 2.50. The first kappa shape index (κ1) is 23.6. The van der Waals surface area contributed by atoms with E-state index in [1.54, 1.807) is 0 Å². The van der Waals surface area contributed by atoms with Crippen LogP contribution in [0.25, 0.3) is 0 Å². The Morgan fingerprint density at radius 2 is 1.79 bits per heavy atom. The lowest BCUT2D eigenvalue weighted by Crippen LogP contribution is -2.54. The van der Waals surface area contributed by atoms with Gasteiger partial charge in [-0.15, -0.1) is 24.8 Å². The quantitative estimate of drug-likeness (QED) is 0.749. The van der Waals surface area contributed by atoms with Gasteiger partial charge in [0.15, 0.2) is 0 Å². The van der Waals surface area contributed by atoms with Gasteiger partial charge in [0, 0.05) is 38.8 Å². The Hall–Kier alpha value is -0.720. The number of ether oxygens (including phenoxy) is 1. The van der Waals surface area contributed by atoms with Crippen LogP contribution in [0.15, 0.2) is 24.3 Å². The summed E-state index contributed by atoms with van der Waals surface area (Å²) in [5.74, 6) is 2.22. The maximum Gasteiger partial charge on any atom is 0.227 e. The average molecular weight is 451 g/mol. The highest BCUT2D eigenvalue weighted by molar-refractivity contribution is 6.32. The molecule has 2 N–H and O–H groups in total. The molecule has 4 atom stereocenters. The number of benzene rings is 1. The molecule has 3 aliphatic rings. The van der Waals surface area contributed by atoms with Crippen LogP contribution in [0.1, 0.15) is 19.3 Å². The smallest absolute Gasteiger partial charge is 0.227 e. The summed E-state index contributed by atoms with van der Waals surface area (Å²) in [5.41, 5.74) is 6.35. The first-order chi connectivity index (χ1) is 12.6. The van der Waals surface area contributed by atoms with Gasteiger partial charge in [0.2, 0.25) is 5.91 Å². The topological polar surface area (TPSA) is 58.8 Å². The summed E-state index contributed by atoms with van der Waals surface area (Å²) in [6.45, 7) is 4.84. The summed E-state index contributed by atoms with van der Waals surface area (Å²) in [4.78, 5) is 17.3. The van der Waals surface area contributed by atoms with Crippen molar-refractivity contribution in [1.29, 1.82) is 0 Å². The van der Waals surface area contributed by atoms with Crippen molar-refractivity contribution in [3.8, 4) is 5.75 Å². The summed E-state index contributed by atoms with van der Waals surface area (Å²) >= 11 is 6.11. The molecule has 4 unspecified atom stereocenters. The second kappa shape index (κ2) is 10.4. The van der Waals surface area contributed by atoms with Crippen molar-refractivity contribution in [2.24, 2.45) is 23.5 Å². The molecule has 2 saturated carbocycles. The fourth-order valence-electron chi connectivity index (χ4n) is 4.95. The number of fused-ring (bicyclic) bond motifs is 2. The largest absolute Gasteiger partial charge is 0.491 e. The number of carbonyl (C=O) groups excluding carboxylic acids is 1. The Morgan fingerprint density at radius 3 is 2.43 bits per heavy atom. The molecule has 2 aliphatic carbocycles. The molecule has 158 valence electrons. The molecule has 1 heterocycles. The van der Waals surface area contributed by atoms with Crippen molar-refractivity contribution in [1.82, 2.24) is 9.80 Å². The molecule has 3 fully saturated rings. The first-order valence-electron chi connectivity index (χ1n) is 9.77. The highest BCUT2D eigenvalue weighted by atomic mass is 35.5. The van der Waals surface area contributed by atoms with Crippen LogP contribution in [0.4, 0.5) is 0 Å². The van der Waals surface area contributed by atoms with Gasteiger partial charge in [-0.1, -0.05) is 23.7 Å². The number of halogens is 3. The lowest BCUT2D eigenvalue weighted by Gasteiger charge is -2.38. The van der Waals surface area contributed by atoms with Gasteiger partial charge < -0.3 is 15.4 Å². The fourth-order valence-corrected chi connectivity index (χ4v) is 5.14. The third-order valence-electron chi connectivity index (χ3n) is 6.45. The van der Waals surface area contributed by atoms with E-state index in [-0.39, 0.29) is 36.8 Å². The number of rotatable bonds is 5. The highest BCUT2D eigenvalue weighted by Crippen LogP contribution is 2.48. The first-order valence-corrected chi connectivity index (χ1v) is 10.2. The second-order valence-electron chi connectivity index (χ2n) is 7.88. The van der Waals surface area contributed by atoms with Gasteiger partial charge in [0.25, 0.3) is 0 Å². The van der Waals surface area contributed by atoms with Gasteiger partial charge in [0.1, 0.15) is 12.4 Å². The number of para-hydroxylation sites is 1. The van der Waals surface area contributed by atoms with E-state index >= 15 is 0 Å². The normalized spacial score (nSPS) is 29.1. The van der Waals surface area contributed by atoms with E-state index in [0.29, 0.717) is 29.4 Å². The predicted octanol–water partition coefficient (Wildman–Crippen LogP) is 3.08. The number of hydrogen-bond donors (Lipinski definition) is 1. The minimum Gasteiger partial charge on any atom is -0.491 e. The van der Waals surface area contributed by atoms with Gasteiger partial charge in [-0.2, -0.15) is 0 Å². The van der Waals surface area contributed by atoms with E-state index in [2.05, 4.69) is 4.90 Å². The number of hydrogen-bond acceptors (Lipinski definition) is 4. The molecular weight excluding hydrogens is 421 g/mol. The minimum atomic E-state index is 0. The van der Waals surface area contributed by atoms with Crippen molar-refractivity contribution in [3.05, 3.63) is 29.3 Å². The molecule has 5 nitrogen and oxygen atoms in total. The van der Waals surface area contributed by atoms with Crippen LogP contribution in [-0.2, 0) is 4.79 Å². The molecule has 4 rings (SSSR count). The molecule has 0 radical (unpaired) electrons. The Kier molecular flexibility index (Phi) is 8.71. The minimum absolute atomic E-state index is 0. The third kappa shape index (κ3) is 4.88. The molecule has 1 aromatic carbocycles. The Morgan fingerprint density at radius 1 is 1.11 bits per heavy atom. The molecule has 1 saturated heterocycles. The maximum atomic E-state index is 12.9. The molecule has 0 aromatic heterocycles. The van der Waals surface area contributed by atoms with Crippen molar-refractivity contribution in [2.75, 3.05) is 39.3 Å². The zero-order valence-electron chi connectivity index (χ0n) is 16.0. The molecule has 1 aliphatic heterocycles. The van der Waals surface area contributed by atoms with E-state index < -0.39 is 0 Å². The summed E-state index contributed by atoms with van der Waals surface area (Å²) in [5, 5.41) is 0.644. The van der Waals surface area contributed by atoms with Crippen molar-refractivity contribution < 1.29 is 9.53 Å². The standard InChI is InChI=1S/C20H28ClN3O2.2ClH/c21-16-3-1-2-4-17(16)26-12-11-23-7-9-24(10-8-23)20(25)18-14-5-6-15(13-14)19(18)22;;/h1-4,14-15,18-19H,5-13,22H2;2*1H. The fraction of sp³-hybridized carbons (Fsp3) is 0.650. The van der Waals surface area contributed by atoms with Gasteiger partial charge in [-0.05, 0) is 43.2 Å². The van der Waals surface area contributed by atoms with Crippen LogP contribution in [0.3, 0.4) is 0 Å². The van der Waals surface area contributed by atoms with Gasteiger partial charge >= 0.3 is 0 Å². The van der Waals surface area contributed by atoms with Crippen LogP contribution >= 0.6 is 36.4 Å². The van der Waals surface area contributed by atoms with E-state index in [0.717, 1.165) is 44.9 Å². The van der Waals surface area contributed by atoms with Crippen molar-refractivity contribution >= 4 is 42.3 Å². The summed E-state index contributed by atoms with van der Waals surface area (Å²) in [6.07, 6.45) is 3.57. The van der Waals surface area contributed by atoms with Crippen LogP contribution in [0.5, 0.6) is 5.75 Å². The number of piperazine rings is 1. The Bertz CT molecular complexity index is 653. The van der Waals surface area contributed by atoms with Crippen molar-refractivity contribution in [2.45, 2.75) is 25.3 Å². The second-order valence-corrected chi connectivity index (χ2v) is 8.29. The monoisotopic (exact) mass is 449 g/mol. The molecule has 8 heteroatoms. The number of nitrogens with two attached hydrogens (primary N) is 1. The van der Waals surface area contributed by atoms with E-state index in [4.69, 9.17) is 22.1 Å². The van der Waals surface area contributed by atoms with Crippen LogP contribution in [0, 0.1) is 17.8 Å². The molecule has 28 heavy (non-hydrogen) atoms. The number of nitrogens with zero attached hydrogens (tertiary/aromatic N) is 2. The average Bonchev–Trinajstić information content (AvgIpc) is 3.25. The molecular formula is C20H30Cl3N3O2. The SMILES string of the molecule is Cl.Cl.NC1C2CCC(C2)C1C(=O)N1CCN(CCOc2ccccc2Cl)CC1. The van der Waals surface area contributed by atoms with E-state index in [9.17, 15) is 4.79 Å². The van der Waals surface area contributed by atoms with Gasteiger partial charge in [-0.25, -0.2) is 0 Å². The summed E-state index contributed by atoms with van der Waals surface area (Å²) in [7, 11) is 0. The lowest BCUT2D eigenvalue weighted by atomic mass is 9.84. The molecule has 0 spiro atoms. The number of carbonyl (C=O) groups is 1. The zero-order chi connectivity index (χ0) is 18.1. The Balaban J connectivity index is 0.00000140. The van der Waals surface area contributed by atoms with Crippen LogP contribution < -0.4 is 10.5 Å². The lowest BCUT2D eigenvalue weighted by molar-refractivity contribution is -0.139. The van der Waals surface area contributed by atoms with Crippen molar-refractivity contribution in [3.63, 3.8) is 0 Å². The van der Waals surface area contributed by atoms with E-state index in [1.165, 1.54) is 12.8 Å². The molecule has 1 aromatic rings. The summed E-state index contributed by atoms with van der Waals surface area (Å²) in [6, 6.07) is 7.63. The Labute approximate surface area is 184 Å². The van der Waals surface area contributed by atoms with Crippen LogP contribution in [-0.4, -0.2) is 61.1 Å². The van der Waals surface area contributed by atoms with Crippen LogP contribution in [0.2, 0.25) is 5.02 Å². The third-order valence-corrected chi connectivity index (χ3v) is 6.76.